The Morgan fingerprint density at radius 2 is 1.57 bits per heavy atom. The monoisotopic (exact) mass is 465 g/mol. The van der Waals surface area contributed by atoms with Crippen molar-refractivity contribution in [3.8, 4) is 5.69 Å². The van der Waals surface area contributed by atoms with E-state index in [9.17, 15) is 17.2 Å². The van der Waals surface area contributed by atoms with E-state index < -0.39 is 27.7 Å². The lowest BCUT2D eigenvalue weighted by Gasteiger charge is -2.20. The van der Waals surface area contributed by atoms with Gasteiger partial charge in [0, 0.05) is 6.20 Å². The largest absolute Gasteiger partial charge is 0.251 e. The first-order chi connectivity index (χ1) is 14.3. The van der Waals surface area contributed by atoms with E-state index in [0.29, 0.717) is 21.3 Å². The van der Waals surface area contributed by atoms with Gasteiger partial charge in [0.05, 0.1) is 21.8 Å². The highest BCUT2D eigenvalue weighted by molar-refractivity contribution is 7.91. The van der Waals surface area contributed by atoms with Crippen molar-refractivity contribution in [2.75, 3.05) is 0 Å². The van der Waals surface area contributed by atoms with Crippen LogP contribution in [0.3, 0.4) is 0 Å². The van der Waals surface area contributed by atoms with Gasteiger partial charge in [0.15, 0.2) is 0 Å². The Labute approximate surface area is 180 Å². The van der Waals surface area contributed by atoms with Crippen molar-refractivity contribution < 1.29 is 17.2 Å². The summed E-state index contributed by atoms with van der Waals surface area (Å²) in [4.78, 5) is 0. The number of aromatic nitrogens is 2. The van der Waals surface area contributed by atoms with Crippen LogP contribution in [-0.4, -0.2) is 18.2 Å². The minimum Gasteiger partial charge on any atom is -0.236 e. The van der Waals surface area contributed by atoms with Crippen LogP contribution in [0.15, 0.2) is 77.1 Å². The SMILES string of the molecule is O=S(=O)(NC(c1ccc(F)cc1)c1ccnn1-c1ccc(F)cc1)c1ccc(Cl)s1. The summed E-state index contributed by atoms with van der Waals surface area (Å²) in [5.41, 5.74) is 1.52. The van der Waals surface area contributed by atoms with Crippen molar-refractivity contribution in [2.24, 2.45) is 0 Å². The summed E-state index contributed by atoms with van der Waals surface area (Å²) in [5, 5.41) is 4.25. The standard InChI is InChI=1S/C20H14ClF2N3O2S2/c21-18-9-10-19(29-18)30(27,28)25-20(13-1-3-14(22)4-2-13)17-11-12-24-26(17)16-7-5-15(23)6-8-16/h1-12,20,25H. The van der Waals surface area contributed by atoms with E-state index in [4.69, 9.17) is 11.6 Å². The topological polar surface area (TPSA) is 64.0 Å². The molecular weight excluding hydrogens is 452 g/mol. The molecule has 2 heterocycles. The van der Waals surface area contributed by atoms with Gasteiger partial charge in [-0.15, -0.1) is 11.3 Å². The second kappa shape index (κ2) is 8.27. The number of sulfonamides is 1. The lowest BCUT2D eigenvalue weighted by atomic mass is 10.0. The number of benzene rings is 2. The van der Waals surface area contributed by atoms with Gasteiger partial charge in [0.1, 0.15) is 15.8 Å². The Morgan fingerprint density at radius 1 is 0.933 bits per heavy atom. The zero-order chi connectivity index (χ0) is 21.3. The van der Waals surface area contributed by atoms with Crippen LogP contribution < -0.4 is 4.72 Å². The molecule has 5 nitrogen and oxygen atoms in total. The fraction of sp³-hybridized carbons (Fsp3) is 0.0500. The summed E-state index contributed by atoms with van der Waals surface area (Å²) in [5.74, 6) is -0.852. The fourth-order valence-corrected chi connectivity index (χ4v) is 5.64. The van der Waals surface area contributed by atoms with Crippen LogP contribution in [0, 0.1) is 11.6 Å². The summed E-state index contributed by atoms with van der Waals surface area (Å²) in [6.45, 7) is 0. The van der Waals surface area contributed by atoms with Crippen LogP contribution in [0.1, 0.15) is 17.3 Å². The van der Waals surface area contributed by atoms with E-state index in [1.165, 1.54) is 71.5 Å². The van der Waals surface area contributed by atoms with Crippen LogP contribution in [0.2, 0.25) is 4.34 Å². The summed E-state index contributed by atoms with van der Waals surface area (Å²) in [6.07, 6.45) is 1.51. The van der Waals surface area contributed by atoms with Crippen LogP contribution in [-0.2, 0) is 10.0 Å². The van der Waals surface area contributed by atoms with E-state index in [1.807, 2.05) is 0 Å². The van der Waals surface area contributed by atoms with Crippen molar-refractivity contribution >= 4 is 33.0 Å². The van der Waals surface area contributed by atoms with Gasteiger partial charge in [-0.2, -0.15) is 9.82 Å². The normalized spacial score (nSPS) is 12.8. The van der Waals surface area contributed by atoms with E-state index in [2.05, 4.69) is 9.82 Å². The van der Waals surface area contributed by atoms with Crippen molar-refractivity contribution in [1.29, 1.82) is 0 Å². The summed E-state index contributed by atoms with van der Waals surface area (Å²) >= 11 is 6.82. The molecular formula is C20H14ClF2N3O2S2. The molecule has 0 saturated carbocycles. The predicted molar refractivity (Wildman–Crippen MR) is 111 cm³/mol. The average molecular weight is 466 g/mol. The number of hydrogen-bond donors (Lipinski definition) is 1. The Kier molecular flexibility index (Phi) is 5.70. The third kappa shape index (κ3) is 4.29. The molecule has 0 aliphatic heterocycles. The lowest BCUT2D eigenvalue weighted by molar-refractivity contribution is 0.568. The zero-order valence-corrected chi connectivity index (χ0v) is 17.6. The first-order valence-electron chi connectivity index (χ1n) is 8.66. The maximum Gasteiger partial charge on any atom is 0.251 e. The van der Waals surface area contributed by atoms with Gasteiger partial charge >= 0.3 is 0 Å². The van der Waals surface area contributed by atoms with E-state index in [1.54, 1.807) is 6.07 Å². The summed E-state index contributed by atoms with van der Waals surface area (Å²) in [6, 6.07) is 14.8. The number of halogens is 3. The highest BCUT2D eigenvalue weighted by atomic mass is 35.5. The van der Waals surface area contributed by atoms with E-state index in [0.717, 1.165) is 11.3 Å². The smallest absolute Gasteiger partial charge is 0.236 e. The molecule has 2 aromatic heterocycles. The molecule has 0 aliphatic carbocycles. The Bertz CT molecular complexity index is 1270. The van der Waals surface area contributed by atoms with Gasteiger partial charge in [-0.05, 0) is 60.2 Å². The highest BCUT2D eigenvalue weighted by Crippen LogP contribution is 2.30. The van der Waals surface area contributed by atoms with Crippen molar-refractivity contribution in [1.82, 2.24) is 14.5 Å². The Morgan fingerprint density at radius 3 is 2.17 bits per heavy atom. The van der Waals surface area contributed by atoms with Gasteiger partial charge in [-0.25, -0.2) is 21.9 Å². The predicted octanol–water partition coefficient (Wildman–Crippen LogP) is 4.93. The van der Waals surface area contributed by atoms with Crippen LogP contribution in [0.25, 0.3) is 5.69 Å². The highest BCUT2D eigenvalue weighted by Gasteiger charge is 2.27. The van der Waals surface area contributed by atoms with Gasteiger partial charge in [0.2, 0.25) is 0 Å². The molecule has 154 valence electrons. The molecule has 0 bridgehead atoms. The first-order valence-corrected chi connectivity index (χ1v) is 11.3. The molecule has 2 aromatic carbocycles. The van der Waals surface area contributed by atoms with Crippen molar-refractivity contribution in [3.63, 3.8) is 0 Å². The number of nitrogens with one attached hydrogen (secondary N) is 1. The number of rotatable bonds is 6. The molecule has 30 heavy (non-hydrogen) atoms. The minimum absolute atomic E-state index is 0.0486. The number of nitrogens with zero attached hydrogens (tertiary/aromatic N) is 2. The van der Waals surface area contributed by atoms with E-state index in [-0.39, 0.29) is 4.21 Å². The molecule has 0 aliphatic rings. The van der Waals surface area contributed by atoms with Crippen molar-refractivity contribution in [3.05, 3.63) is 100 Å². The molecule has 1 unspecified atom stereocenters. The summed E-state index contributed by atoms with van der Waals surface area (Å²) in [7, 11) is -3.94. The molecule has 0 saturated heterocycles. The lowest BCUT2D eigenvalue weighted by Crippen LogP contribution is -2.30. The number of hydrogen-bond acceptors (Lipinski definition) is 4. The second-order valence-corrected chi connectivity index (χ2v) is 9.96. The maximum absolute atomic E-state index is 13.5. The first kappa shape index (κ1) is 20.7. The van der Waals surface area contributed by atoms with Gasteiger partial charge in [-0.1, -0.05) is 23.7 Å². The second-order valence-electron chi connectivity index (χ2n) is 6.31. The molecule has 4 aromatic rings. The molecule has 0 fully saturated rings. The molecule has 1 atom stereocenters. The summed E-state index contributed by atoms with van der Waals surface area (Å²) < 4.78 is 57.3. The van der Waals surface area contributed by atoms with Crippen molar-refractivity contribution in [2.45, 2.75) is 10.3 Å². The van der Waals surface area contributed by atoms with Crippen LogP contribution >= 0.6 is 22.9 Å². The molecule has 0 spiro atoms. The molecule has 1 N–H and O–H groups in total. The van der Waals surface area contributed by atoms with Gasteiger partial charge < -0.3 is 0 Å². The average Bonchev–Trinajstić information content (AvgIpc) is 3.37. The number of thiophene rings is 1. The molecule has 10 heteroatoms. The quantitative estimate of drug-likeness (QED) is 0.439. The zero-order valence-electron chi connectivity index (χ0n) is 15.2. The third-order valence-corrected chi connectivity index (χ3v) is 7.47. The third-order valence-electron chi connectivity index (χ3n) is 4.33. The molecule has 0 amide bonds. The van der Waals surface area contributed by atoms with E-state index >= 15 is 0 Å². The Hall–Kier alpha value is -2.59. The molecule has 0 radical (unpaired) electrons. The maximum atomic E-state index is 13.5. The van der Waals surface area contributed by atoms with Crippen LogP contribution in [0.4, 0.5) is 8.78 Å². The van der Waals surface area contributed by atoms with Crippen LogP contribution in [0.5, 0.6) is 0 Å². The molecule has 4 rings (SSSR count). The van der Waals surface area contributed by atoms with Gasteiger partial charge in [-0.3, -0.25) is 0 Å². The fourth-order valence-electron chi connectivity index (χ4n) is 2.94. The van der Waals surface area contributed by atoms with Gasteiger partial charge in [0.25, 0.3) is 10.0 Å². The minimum atomic E-state index is -3.94. The Balaban J connectivity index is 1.80.